The van der Waals surface area contributed by atoms with Gasteiger partial charge in [-0.15, -0.1) is 0 Å². The SMILES string of the molecule is CNC(=O)C(CN)Cc1ccc(F)c(C(F)(F)F)c1. The highest BCUT2D eigenvalue weighted by molar-refractivity contribution is 5.78. The zero-order chi connectivity index (χ0) is 14.6. The molecule has 19 heavy (non-hydrogen) atoms. The number of rotatable bonds is 4. The summed E-state index contributed by atoms with van der Waals surface area (Å²) in [4.78, 5) is 11.4. The summed E-state index contributed by atoms with van der Waals surface area (Å²) in [5, 5.41) is 2.38. The molecule has 3 nitrogen and oxygen atoms in total. The molecule has 1 aromatic rings. The van der Waals surface area contributed by atoms with Gasteiger partial charge in [0.05, 0.1) is 11.5 Å². The number of carbonyl (C=O) groups is 1. The summed E-state index contributed by atoms with van der Waals surface area (Å²) in [6, 6.07) is 2.67. The van der Waals surface area contributed by atoms with E-state index in [2.05, 4.69) is 5.32 Å². The predicted molar refractivity (Wildman–Crippen MR) is 61.7 cm³/mol. The van der Waals surface area contributed by atoms with Crippen LogP contribution in [0.25, 0.3) is 0 Å². The molecule has 0 heterocycles. The van der Waals surface area contributed by atoms with Crippen LogP contribution in [-0.2, 0) is 17.4 Å². The molecule has 0 radical (unpaired) electrons. The molecule has 1 rings (SSSR count). The van der Waals surface area contributed by atoms with Gasteiger partial charge in [0.2, 0.25) is 5.91 Å². The average molecular weight is 278 g/mol. The third kappa shape index (κ3) is 3.92. The number of nitrogens with two attached hydrogens (primary N) is 1. The van der Waals surface area contributed by atoms with E-state index in [9.17, 15) is 22.4 Å². The maximum atomic E-state index is 13.1. The topological polar surface area (TPSA) is 55.1 Å². The van der Waals surface area contributed by atoms with E-state index in [4.69, 9.17) is 5.73 Å². The molecule has 0 aliphatic rings. The van der Waals surface area contributed by atoms with Gasteiger partial charge in [0.15, 0.2) is 0 Å². The zero-order valence-corrected chi connectivity index (χ0v) is 10.2. The van der Waals surface area contributed by atoms with Gasteiger partial charge in [-0.3, -0.25) is 4.79 Å². The van der Waals surface area contributed by atoms with Crippen molar-refractivity contribution in [2.75, 3.05) is 13.6 Å². The molecule has 0 fully saturated rings. The minimum Gasteiger partial charge on any atom is -0.359 e. The lowest BCUT2D eigenvalue weighted by Crippen LogP contribution is -2.34. The van der Waals surface area contributed by atoms with Crippen molar-refractivity contribution in [1.29, 1.82) is 0 Å². The first-order chi connectivity index (χ1) is 8.79. The standard InChI is InChI=1S/C12H14F4N2O/c1-18-11(19)8(6-17)4-7-2-3-10(13)9(5-7)12(14,15)16/h2-3,5,8H,4,6,17H2,1H3,(H,18,19). The van der Waals surface area contributed by atoms with Gasteiger partial charge in [-0.05, 0) is 24.1 Å². The van der Waals surface area contributed by atoms with Crippen LogP contribution in [0, 0.1) is 11.7 Å². The Bertz CT molecular complexity index is 460. The van der Waals surface area contributed by atoms with Crippen LogP contribution in [0.3, 0.4) is 0 Å². The van der Waals surface area contributed by atoms with E-state index in [0.717, 1.165) is 6.07 Å². The lowest BCUT2D eigenvalue weighted by atomic mass is 9.97. The Morgan fingerprint density at radius 2 is 2.05 bits per heavy atom. The zero-order valence-electron chi connectivity index (χ0n) is 10.2. The van der Waals surface area contributed by atoms with Crippen LogP contribution in [-0.4, -0.2) is 19.5 Å². The molecular weight excluding hydrogens is 264 g/mol. The second-order valence-electron chi connectivity index (χ2n) is 4.06. The van der Waals surface area contributed by atoms with Gasteiger partial charge in [-0.25, -0.2) is 4.39 Å². The van der Waals surface area contributed by atoms with Crippen molar-refractivity contribution in [3.8, 4) is 0 Å². The van der Waals surface area contributed by atoms with Crippen LogP contribution < -0.4 is 11.1 Å². The van der Waals surface area contributed by atoms with Crippen molar-refractivity contribution in [3.63, 3.8) is 0 Å². The largest absolute Gasteiger partial charge is 0.419 e. The molecule has 0 saturated heterocycles. The normalized spacial score (nSPS) is 13.2. The maximum absolute atomic E-state index is 13.1. The van der Waals surface area contributed by atoms with Gasteiger partial charge in [0.1, 0.15) is 5.82 Å². The molecule has 0 aliphatic carbocycles. The van der Waals surface area contributed by atoms with Crippen molar-refractivity contribution in [2.24, 2.45) is 11.7 Å². The van der Waals surface area contributed by atoms with E-state index in [1.54, 1.807) is 0 Å². The highest BCUT2D eigenvalue weighted by Gasteiger charge is 2.34. The highest BCUT2D eigenvalue weighted by atomic mass is 19.4. The molecule has 0 saturated carbocycles. The fraction of sp³-hybridized carbons (Fsp3) is 0.417. The van der Waals surface area contributed by atoms with Crippen molar-refractivity contribution < 1.29 is 22.4 Å². The van der Waals surface area contributed by atoms with Gasteiger partial charge >= 0.3 is 6.18 Å². The van der Waals surface area contributed by atoms with Crippen LogP contribution >= 0.6 is 0 Å². The summed E-state index contributed by atoms with van der Waals surface area (Å²) >= 11 is 0. The Labute approximate surface area is 107 Å². The van der Waals surface area contributed by atoms with Crippen LogP contribution in [0.4, 0.5) is 17.6 Å². The molecule has 0 bridgehead atoms. The van der Waals surface area contributed by atoms with E-state index in [0.29, 0.717) is 6.07 Å². The first kappa shape index (κ1) is 15.4. The van der Waals surface area contributed by atoms with Crippen LogP contribution in [0.1, 0.15) is 11.1 Å². The Morgan fingerprint density at radius 3 is 2.53 bits per heavy atom. The van der Waals surface area contributed by atoms with Gasteiger partial charge in [0.25, 0.3) is 0 Å². The molecule has 1 amide bonds. The molecule has 0 spiro atoms. The lowest BCUT2D eigenvalue weighted by Gasteiger charge is -2.15. The summed E-state index contributed by atoms with van der Waals surface area (Å²) in [5.41, 5.74) is 4.27. The highest BCUT2D eigenvalue weighted by Crippen LogP contribution is 2.32. The quantitative estimate of drug-likeness (QED) is 0.824. The third-order valence-electron chi connectivity index (χ3n) is 2.72. The van der Waals surface area contributed by atoms with Crippen LogP contribution in [0.15, 0.2) is 18.2 Å². The number of halogens is 4. The average Bonchev–Trinajstić information content (AvgIpc) is 2.35. The Hall–Kier alpha value is -1.63. The molecule has 0 aliphatic heterocycles. The Morgan fingerprint density at radius 1 is 1.42 bits per heavy atom. The summed E-state index contributed by atoms with van der Waals surface area (Å²) in [5.74, 6) is -2.34. The summed E-state index contributed by atoms with van der Waals surface area (Å²) in [6.45, 7) is -0.00159. The second-order valence-corrected chi connectivity index (χ2v) is 4.06. The predicted octanol–water partition coefficient (Wildman–Crippen LogP) is 1.71. The Kier molecular flexibility index (Phi) is 4.88. The molecule has 7 heteroatoms. The molecule has 1 aromatic carbocycles. The molecule has 1 unspecified atom stereocenters. The van der Waals surface area contributed by atoms with Crippen molar-refractivity contribution in [1.82, 2.24) is 5.32 Å². The first-order valence-corrected chi connectivity index (χ1v) is 5.57. The molecule has 1 atom stereocenters. The van der Waals surface area contributed by atoms with E-state index in [1.165, 1.54) is 13.1 Å². The summed E-state index contributed by atoms with van der Waals surface area (Å²) in [6.07, 6.45) is -4.73. The minimum atomic E-state index is -4.76. The fourth-order valence-electron chi connectivity index (χ4n) is 1.69. The maximum Gasteiger partial charge on any atom is 0.419 e. The molecule has 106 valence electrons. The van der Waals surface area contributed by atoms with Crippen molar-refractivity contribution >= 4 is 5.91 Å². The van der Waals surface area contributed by atoms with Gasteiger partial charge in [-0.2, -0.15) is 13.2 Å². The number of alkyl halides is 3. The lowest BCUT2D eigenvalue weighted by molar-refractivity contribution is -0.140. The van der Waals surface area contributed by atoms with E-state index in [1.807, 2.05) is 0 Å². The first-order valence-electron chi connectivity index (χ1n) is 5.57. The number of amides is 1. The summed E-state index contributed by atoms with van der Waals surface area (Å²) in [7, 11) is 1.41. The Balaban J connectivity index is 3.00. The number of carbonyl (C=O) groups excluding carboxylic acids is 1. The number of nitrogens with one attached hydrogen (secondary N) is 1. The summed E-state index contributed by atoms with van der Waals surface area (Å²) < 4.78 is 50.7. The monoisotopic (exact) mass is 278 g/mol. The van der Waals surface area contributed by atoms with E-state index >= 15 is 0 Å². The van der Waals surface area contributed by atoms with Crippen molar-refractivity contribution in [3.05, 3.63) is 35.1 Å². The number of hydrogen-bond donors (Lipinski definition) is 2. The molecule has 3 N–H and O–H groups in total. The third-order valence-corrected chi connectivity index (χ3v) is 2.72. The van der Waals surface area contributed by atoms with Gasteiger partial charge < -0.3 is 11.1 Å². The van der Waals surface area contributed by atoms with E-state index < -0.39 is 23.5 Å². The number of benzene rings is 1. The number of hydrogen-bond acceptors (Lipinski definition) is 2. The van der Waals surface area contributed by atoms with Crippen LogP contribution in [0.5, 0.6) is 0 Å². The minimum absolute atomic E-state index is 0.00159. The fourth-order valence-corrected chi connectivity index (χ4v) is 1.69. The van der Waals surface area contributed by atoms with Crippen molar-refractivity contribution in [2.45, 2.75) is 12.6 Å². The van der Waals surface area contributed by atoms with E-state index in [-0.39, 0.29) is 24.4 Å². The molecule has 0 aromatic heterocycles. The molecular formula is C12H14F4N2O. The second kappa shape index (κ2) is 6.01. The van der Waals surface area contributed by atoms with Gasteiger partial charge in [0, 0.05) is 13.6 Å². The van der Waals surface area contributed by atoms with Gasteiger partial charge in [-0.1, -0.05) is 6.07 Å². The van der Waals surface area contributed by atoms with Crippen LogP contribution in [0.2, 0.25) is 0 Å². The smallest absolute Gasteiger partial charge is 0.359 e.